The normalized spacial score (nSPS) is 21.5. The molecule has 2 N–H and O–H groups in total. The molecule has 1 aliphatic carbocycles. The minimum atomic E-state index is -0.250. The monoisotopic (exact) mass is 525 g/mol. The van der Waals surface area contributed by atoms with Crippen LogP contribution in [0.2, 0.25) is 0 Å². The quantitative estimate of drug-likeness (QED) is 0.425. The number of rotatable bonds is 5. The van der Waals surface area contributed by atoms with Gasteiger partial charge in [-0.15, -0.1) is 11.8 Å². The number of imidazole rings is 1. The van der Waals surface area contributed by atoms with Gasteiger partial charge in [0.05, 0.1) is 16.3 Å². The Labute approximate surface area is 223 Å². The van der Waals surface area contributed by atoms with Crippen molar-refractivity contribution in [3.8, 4) is 0 Å². The fourth-order valence-corrected chi connectivity index (χ4v) is 6.47. The van der Waals surface area contributed by atoms with E-state index in [1.54, 1.807) is 0 Å². The minimum Gasteiger partial charge on any atom is -0.483 e. The fraction of sp³-hybridized carbons (Fsp3) is 0.483. The molecule has 1 aromatic heterocycles. The Bertz CT molecular complexity index is 1160. The third-order valence-corrected chi connectivity index (χ3v) is 8.65. The van der Waals surface area contributed by atoms with E-state index < -0.39 is 0 Å². The van der Waals surface area contributed by atoms with Gasteiger partial charge in [0.2, 0.25) is 0 Å². The van der Waals surface area contributed by atoms with Gasteiger partial charge in [-0.2, -0.15) is 0 Å². The van der Waals surface area contributed by atoms with Gasteiger partial charge >= 0.3 is 0 Å². The van der Waals surface area contributed by atoms with Gasteiger partial charge in [0.1, 0.15) is 12.1 Å². The van der Waals surface area contributed by atoms with Gasteiger partial charge < -0.3 is 24.5 Å². The van der Waals surface area contributed by atoms with Crippen molar-refractivity contribution in [2.45, 2.75) is 62.8 Å². The highest BCUT2D eigenvalue weighted by Gasteiger charge is 2.31. The van der Waals surface area contributed by atoms with E-state index >= 15 is 0 Å². The van der Waals surface area contributed by atoms with E-state index in [0.29, 0.717) is 12.1 Å². The van der Waals surface area contributed by atoms with E-state index in [0.717, 1.165) is 45.5 Å². The first-order valence-corrected chi connectivity index (χ1v) is 14.1. The van der Waals surface area contributed by atoms with Gasteiger partial charge in [0.15, 0.2) is 0 Å². The summed E-state index contributed by atoms with van der Waals surface area (Å²) in [5, 5.41) is 14.1. The Morgan fingerprint density at radius 2 is 1.68 bits per heavy atom. The lowest BCUT2D eigenvalue weighted by Gasteiger charge is -2.34. The molecule has 37 heavy (non-hydrogen) atoms. The molecule has 200 valence electrons. The minimum absolute atomic E-state index is 0.197. The number of fused-ring (bicyclic) bond motifs is 3. The van der Waals surface area contributed by atoms with Crippen LogP contribution in [-0.4, -0.2) is 59.0 Å². The first-order chi connectivity index (χ1) is 18.0. The summed E-state index contributed by atoms with van der Waals surface area (Å²) < 4.78 is 2.54. The van der Waals surface area contributed by atoms with Crippen molar-refractivity contribution in [1.82, 2.24) is 9.55 Å². The average Bonchev–Trinajstić information content (AvgIpc) is 3.33. The lowest BCUT2D eigenvalue weighted by Crippen LogP contribution is -2.33. The second kappa shape index (κ2) is 13.6. The van der Waals surface area contributed by atoms with Crippen LogP contribution in [0, 0.1) is 5.92 Å². The number of carboxylic acid groups (broad SMARTS) is 1. The van der Waals surface area contributed by atoms with E-state index in [2.05, 4.69) is 72.2 Å². The van der Waals surface area contributed by atoms with Gasteiger partial charge in [-0.05, 0) is 69.4 Å². The second-order valence-electron chi connectivity index (χ2n) is 9.61. The van der Waals surface area contributed by atoms with E-state index in [1.807, 2.05) is 11.8 Å². The number of anilines is 1. The zero-order valence-corrected chi connectivity index (χ0v) is 23.0. The number of carbonyl (C=O) groups excluding carboxylic acids is 1. The number of benzene rings is 2. The number of carbonyl (C=O) groups is 2. The van der Waals surface area contributed by atoms with Crippen molar-refractivity contribution in [3.63, 3.8) is 0 Å². The first-order valence-electron chi connectivity index (χ1n) is 12.9. The van der Waals surface area contributed by atoms with Crippen LogP contribution in [-0.2, 0) is 16.0 Å². The van der Waals surface area contributed by atoms with Crippen molar-refractivity contribution >= 4 is 41.2 Å². The Morgan fingerprint density at radius 1 is 1.03 bits per heavy atom. The SMILES string of the molecule is CO.CSC(c1ccccc1)c1nc2c3c(ccc2n1C1CCC(C=O)CC1)N(C)C(C)CC3.O=CO. The summed E-state index contributed by atoms with van der Waals surface area (Å²) in [4.78, 5) is 27.5. The fourth-order valence-electron chi connectivity index (χ4n) is 5.67. The molecule has 1 aliphatic heterocycles. The second-order valence-corrected chi connectivity index (χ2v) is 10.5. The van der Waals surface area contributed by atoms with Crippen LogP contribution in [0.1, 0.15) is 67.3 Å². The molecule has 2 atom stereocenters. The van der Waals surface area contributed by atoms with Crippen LogP contribution in [0.15, 0.2) is 42.5 Å². The Balaban J connectivity index is 0.000000711. The topological polar surface area (TPSA) is 95.7 Å². The van der Waals surface area contributed by atoms with Crippen LogP contribution in [0.3, 0.4) is 0 Å². The molecule has 1 saturated carbocycles. The van der Waals surface area contributed by atoms with Crippen molar-refractivity contribution in [3.05, 3.63) is 59.4 Å². The largest absolute Gasteiger partial charge is 0.483 e. The summed E-state index contributed by atoms with van der Waals surface area (Å²) in [7, 11) is 3.21. The predicted octanol–water partition coefficient (Wildman–Crippen LogP) is 5.50. The van der Waals surface area contributed by atoms with E-state index in [9.17, 15) is 4.79 Å². The highest BCUT2D eigenvalue weighted by atomic mass is 32.2. The number of nitrogens with zero attached hydrogens (tertiary/aromatic N) is 3. The lowest BCUT2D eigenvalue weighted by atomic mass is 9.86. The Morgan fingerprint density at radius 3 is 2.27 bits per heavy atom. The van der Waals surface area contributed by atoms with Crippen molar-refractivity contribution < 1.29 is 19.8 Å². The van der Waals surface area contributed by atoms with Crippen molar-refractivity contribution in [1.29, 1.82) is 0 Å². The summed E-state index contributed by atoms with van der Waals surface area (Å²) in [5.74, 6) is 1.39. The summed E-state index contributed by atoms with van der Waals surface area (Å²) >= 11 is 1.86. The molecule has 1 fully saturated rings. The summed E-state index contributed by atoms with van der Waals surface area (Å²) in [6, 6.07) is 16.3. The smallest absolute Gasteiger partial charge is 0.290 e. The molecule has 2 heterocycles. The Hall–Kier alpha value is -2.84. The first kappa shape index (κ1) is 28.7. The average molecular weight is 526 g/mol. The number of hydrogen-bond donors (Lipinski definition) is 2. The number of aliphatic hydroxyl groups is 1. The molecule has 2 aromatic carbocycles. The standard InChI is InChI=1S/C27H33N3OS.CH2O2.CH4O/c1-18-9-14-22-23(29(18)2)15-16-24-25(22)28-27(26(32-3)20-7-5-4-6-8-20)30(24)21-12-10-19(17-31)11-13-21;2-1-3;1-2/h4-8,15-19,21,26H,9-14H2,1-3H3;1H,(H,2,3);2H,1H3. The molecular formula is C29H39N3O4S. The molecule has 0 bridgehead atoms. The van der Waals surface area contributed by atoms with Crippen LogP contribution in [0.25, 0.3) is 11.0 Å². The van der Waals surface area contributed by atoms with Crippen molar-refractivity contribution in [2.24, 2.45) is 5.92 Å². The molecule has 0 saturated heterocycles. The number of hydrogen-bond acceptors (Lipinski definition) is 6. The summed E-state index contributed by atoms with van der Waals surface area (Å²) in [6.45, 7) is 2.06. The number of aryl methyl sites for hydroxylation is 1. The van der Waals surface area contributed by atoms with Crippen LogP contribution < -0.4 is 4.90 Å². The number of thioether (sulfide) groups is 1. The zero-order valence-electron chi connectivity index (χ0n) is 22.2. The highest BCUT2D eigenvalue weighted by Crippen LogP contribution is 2.43. The number of aromatic nitrogens is 2. The van der Waals surface area contributed by atoms with Crippen molar-refractivity contribution in [2.75, 3.05) is 25.3 Å². The van der Waals surface area contributed by atoms with Crippen LogP contribution >= 0.6 is 11.8 Å². The van der Waals surface area contributed by atoms with E-state index in [1.165, 1.54) is 40.1 Å². The van der Waals surface area contributed by atoms with Gasteiger partial charge in [-0.3, -0.25) is 4.79 Å². The lowest BCUT2D eigenvalue weighted by molar-refractivity contribution is -0.122. The zero-order chi connectivity index (χ0) is 26.9. The van der Waals surface area contributed by atoms with Gasteiger partial charge in [-0.1, -0.05) is 30.3 Å². The molecular weight excluding hydrogens is 486 g/mol. The number of aliphatic hydroxyl groups excluding tert-OH is 1. The van der Waals surface area contributed by atoms with E-state index in [4.69, 9.17) is 20.0 Å². The molecule has 2 unspecified atom stereocenters. The predicted molar refractivity (Wildman–Crippen MR) is 152 cm³/mol. The molecule has 0 radical (unpaired) electrons. The molecule has 7 nitrogen and oxygen atoms in total. The summed E-state index contributed by atoms with van der Waals surface area (Å²) in [6.07, 6.45) is 9.65. The maximum Gasteiger partial charge on any atom is 0.290 e. The molecule has 3 aromatic rings. The van der Waals surface area contributed by atoms with Crippen LogP contribution in [0.5, 0.6) is 0 Å². The summed E-state index contributed by atoms with van der Waals surface area (Å²) in [5.41, 5.74) is 6.49. The number of aldehydes is 1. The molecule has 2 aliphatic rings. The molecule has 8 heteroatoms. The maximum absolute atomic E-state index is 11.4. The van der Waals surface area contributed by atoms with Gasteiger partial charge in [0.25, 0.3) is 6.47 Å². The molecule has 0 amide bonds. The molecule has 0 spiro atoms. The van der Waals surface area contributed by atoms with Crippen LogP contribution in [0.4, 0.5) is 5.69 Å². The Kier molecular flexibility index (Phi) is 10.6. The third-order valence-electron chi connectivity index (χ3n) is 7.69. The van der Waals surface area contributed by atoms with Gasteiger partial charge in [0, 0.05) is 43.4 Å². The van der Waals surface area contributed by atoms with Gasteiger partial charge in [-0.25, -0.2) is 4.98 Å². The highest BCUT2D eigenvalue weighted by molar-refractivity contribution is 7.99. The molecule has 5 rings (SSSR count). The van der Waals surface area contributed by atoms with E-state index in [-0.39, 0.29) is 17.6 Å². The maximum atomic E-state index is 11.4. The third kappa shape index (κ3) is 6.02.